The van der Waals surface area contributed by atoms with Gasteiger partial charge in [-0.3, -0.25) is 23.9 Å². The van der Waals surface area contributed by atoms with E-state index in [1.165, 1.54) is 13.0 Å². The van der Waals surface area contributed by atoms with Crippen LogP contribution in [-0.2, 0) is 27.3 Å². The molecule has 52 heavy (non-hydrogen) atoms. The van der Waals surface area contributed by atoms with Crippen molar-refractivity contribution in [2.75, 3.05) is 6.54 Å². The van der Waals surface area contributed by atoms with E-state index in [1.54, 1.807) is 41.0 Å². The third-order valence-corrected chi connectivity index (χ3v) is 11.6. The highest BCUT2D eigenvalue weighted by Gasteiger charge is 2.72. The van der Waals surface area contributed by atoms with E-state index in [-0.39, 0.29) is 52.4 Å². The maximum atomic E-state index is 14.9. The number of ketones is 1. The molecule has 1 saturated heterocycles. The second kappa shape index (κ2) is 14.0. The van der Waals surface area contributed by atoms with Gasteiger partial charge >= 0.3 is 0 Å². The third kappa shape index (κ3) is 6.46. The van der Waals surface area contributed by atoms with Crippen molar-refractivity contribution in [3.05, 3.63) is 76.2 Å². The molecule has 2 aromatic heterocycles. The molecule has 4 aromatic rings. The Hall–Kier alpha value is -4.71. The van der Waals surface area contributed by atoms with Crippen molar-refractivity contribution in [3.63, 3.8) is 0 Å². The van der Waals surface area contributed by atoms with E-state index in [0.29, 0.717) is 42.5 Å². The fourth-order valence-electron chi connectivity index (χ4n) is 8.47. The van der Waals surface area contributed by atoms with Crippen LogP contribution in [0.15, 0.2) is 42.7 Å². The van der Waals surface area contributed by atoms with Crippen molar-refractivity contribution in [2.24, 2.45) is 11.3 Å². The van der Waals surface area contributed by atoms with Gasteiger partial charge in [-0.25, -0.2) is 14.4 Å². The van der Waals surface area contributed by atoms with Crippen LogP contribution in [0.2, 0.25) is 5.02 Å². The molecule has 4 heterocycles. The predicted octanol–water partition coefficient (Wildman–Crippen LogP) is 5.90. The summed E-state index contributed by atoms with van der Waals surface area (Å²) < 4.78 is 16.6. The molecule has 0 spiro atoms. The summed E-state index contributed by atoms with van der Waals surface area (Å²) in [6.45, 7) is 7.15. The van der Waals surface area contributed by atoms with Crippen LogP contribution in [0.3, 0.4) is 0 Å². The molecular weight excluding hydrogens is 685 g/mol. The summed E-state index contributed by atoms with van der Waals surface area (Å²) in [5, 5.41) is 11.4. The average Bonchev–Trinajstić information content (AvgIpc) is 3.37. The van der Waals surface area contributed by atoms with E-state index in [0.717, 1.165) is 42.4 Å². The van der Waals surface area contributed by atoms with Gasteiger partial charge in [0.1, 0.15) is 29.9 Å². The number of carbonyl (C=O) groups excluding carboxylic acids is 4. The van der Waals surface area contributed by atoms with Crippen molar-refractivity contribution < 1.29 is 23.6 Å². The van der Waals surface area contributed by atoms with Crippen LogP contribution in [0.1, 0.15) is 92.8 Å². The van der Waals surface area contributed by atoms with Crippen LogP contribution in [0.4, 0.5) is 4.39 Å². The highest BCUT2D eigenvalue weighted by molar-refractivity contribution is 6.30. The van der Waals surface area contributed by atoms with Gasteiger partial charge in [0.05, 0.1) is 16.6 Å². The Labute approximate surface area is 306 Å². The number of hydrogen-bond acceptors (Lipinski definition) is 7. The minimum Gasteiger partial charge on any atom is -0.355 e. The molecule has 11 nitrogen and oxygen atoms in total. The molecule has 0 radical (unpaired) electrons. The zero-order valence-electron chi connectivity index (χ0n) is 29.8. The fraction of sp³-hybridized carbons (Fsp3) is 0.462. The van der Waals surface area contributed by atoms with Gasteiger partial charge in [0.15, 0.2) is 5.78 Å². The number of piperidine rings is 1. The number of Topliss-reactive ketones (excluding diaryl/α,β-unsaturated/α-hetero) is 1. The van der Waals surface area contributed by atoms with Crippen molar-refractivity contribution in [3.8, 4) is 11.1 Å². The number of nitrogens with one attached hydrogen (secondary N) is 2. The lowest BCUT2D eigenvalue weighted by Crippen LogP contribution is -2.50. The molecule has 1 saturated carbocycles. The largest absolute Gasteiger partial charge is 0.355 e. The van der Waals surface area contributed by atoms with Crippen molar-refractivity contribution in [2.45, 2.75) is 97.3 Å². The summed E-state index contributed by atoms with van der Waals surface area (Å²) in [5.41, 5.74) is 3.30. The Balaban J connectivity index is 1.28. The zero-order chi connectivity index (χ0) is 36.9. The smallest absolute Gasteiger partial charge is 0.245 e. The standard InChI is InChI=1S/C39H43ClFN7O4/c1-21-37-39(21)16-31(38(52)45-22(2)28-11-9-12-30(40)34(28)41)48(37)33(51)19-47-36-25(10-7-5-6-8-13-32(50)44-20-39)14-26(27-17-42-24(4)43-18-27)15-29(36)35(46-47)23(3)49/h9,11-12,14-15,17-18,21-22,31,37H,5-8,10,13,16,19-20H2,1-4H3,(H,44,50)(H,45,52)/t21?,22-,31?,37?,39-/m1/s1. The van der Waals surface area contributed by atoms with Gasteiger partial charge in [-0.05, 0) is 74.8 Å². The number of halogens is 2. The molecule has 2 fully saturated rings. The first kappa shape index (κ1) is 35.7. The lowest BCUT2D eigenvalue weighted by molar-refractivity contribution is -0.141. The Morgan fingerprint density at radius 1 is 1.08 bits per heavy atom. The van der Waals surface area contributed by atoms with E-state index in [4.69, 9.17) is 16.7 Å². The summed E-state index contributed by atoms with van der Waals surface area (Å²) in [7, 11) is 0. The van der Waals surface area contributed by atoms with Gasteiger partial charge < -0.3 is 15.5 Å². The van der Waals surface area contributed by atoms with Crippen LogP contribution in [0.5, 0.6) is 0 Å². The number of benzene rings is 2. The quantitative estimate of drug-likeness (QED) is 0.244. The van der Waals surface area contributed by atoms with E-state index in [2.05, 4.69) is 26.7 Å². The second-order valence-corrected chi connectivity index (χ2v) is 15.1. The Morgan fingerprint density at radius 2 is 1.81 bits per heavy atom. The lowest BCUT2D eigenvalue weighted by atomic mass is 9.95. The van der Waals surface area contributed by atoms with Crippen LogP contribution >= 0.6 is 11.6 Å². The highest BCUT2D eigenvalue weighted by Crippen LogP contribution is 2.64. The van der Waals surface area contributed by atoms with Gasteiger partial charge in [-0.2, -0.15) is 5.10 Å². The van der Waals surface area contributed by atoms with E-state index >= 15 is 0 Å². The monoisotopic (exact) mass is 727 g/mol. The number of amides is 3. The number of hydrogen-bond donors (Lipinski definition) is 2. The van der Waals surface area contributed by atoms with Crippen molar-refractivity contribution >= 4 is 46.0 Å². The van der Waals surface area contributed by atoms with Crippen LogP contribution in [-0.4, -0.2) is 66.8 Å². The van der Waals surface area contributed by atoms with Gasteiger partial charge in [0.2, 0.25) is 17.7 Å². The Bertz CT molecular complexity index is 2080. The molecule has 2 N–H and O–H groups in total. The molecule has 272 valence electrons. The average molecular weight is 728 g/mol. The van der Waals surface area contributed by atoms with Crippen molar-refractivity contribution in [1.82, 2.24) is 35.3 Å². The molecule has 13 heteroatoms. The van der Waals surface area contributed by atoms with Gasteiger partial charge in [-0.1, -0.05) is 43.5 Å². The SMILES string of the molecule is CC(=O)c1nn2c3c(cc(-c4cnc(C)nc4)cc13)CCCCCCC(=O)NC[C@@]13CC(C(=O)N[C@H](C)c4cccc(Cl)c4F)N(C(=O)C2)C1C3C. The van der Waals surface area contributed by atoms with Crippen LogP contribution in [0.25, 0.3) is 22.0 Å². The van der Waals surface area contributed by atoms with Crippen LogP contribution < -0.4 is 10.6 Å². The Morgan fingerprint density at radius 3 is 2.54 bits per heavy atom. The molecule has 2 aliphatic heterocycles. The summed E-state index contributed by atoms with van der Waals surface area (Å²) in [6.07, 6.45) is 8.27. The van der Waals surface area contributed by atoms with Gasteiger partial charge in [0, 0.05) is 60.3 Å². The fourth-order valence-corrected chi connectivity index (χ4v) is 8.65. The first-order valence-electron chi connectivity index (χ1n) is 18.0. The normalized spacial score (nSPS) is 24.2. The van der Waals surface area contributed by atoms with E-state index < -0.39 is 29.2 Å². The summed E-state index contributed by atoms with van der Waals surface area (Å²) in [6, 6.07) is 6.72. The zero-order valence-corrected chi connectivity index (χ0v) is 30.6. The Kier molecular flexibility index (Phi) is 9.62. The number of aromatic nitrogens is 4. The van der Waals surface area contributed by atoms with Gasteiger partial charge in [-0.15, -0.1) is 0 Å². The van der Waals surface area contributed by atoms with Crippen LogP contribution in [0, 0.1) is 24.1 Å². The minimum absolute atomic E-state index is 0.0273. The maximum absolute atomic E-state index is 14.9. The summed E-state index contributed by atoms with van der Waals surface area (Å²) in [4.78, 5) is 65.1. The maximum Gasteiger partial charge on any atom is 0.245 e. The van der Waals surface area contributed by atoms with E-state index in [1.807, 2.05) is 19.9 Å². The predicted molar refractivity (Wildman–Crippen MR) is 194 cm³/mol. The molecule has 7 rings (SSSR count). The summed E-state index contributed by atoms with van der Waals surface area (Å²) in [5.74, 6) is -0.949. The number of nitrogens with zero attached hydrogens (tertiary/aromatic N) is 5. The topological polar surface area (TPSA) is 139 Å². The first-order chi connectivity index (χ1) is 24.9. The number of aryl methyl sites for hydroxylation is 2. The molecule has 1 aliphatic carbocycles. The third-order valence-electron chi connectivity index (χ3n) is 11.3. The molecule has 2 bridgehead atoms. The first-order valence-corrected chi connectivity index (χ1v) is 18.4. The molecule has 3 amide bonds. The number of rotatable bonds is 5. The van der Waals surface area contributed by atoms with E-state index in [9.17, 15) is 23.6 Å². The lowest BCUT2D eigenvalue weighted by Gasteiger charge is -2.29. The molecular formula is C39H43ClFN7O4. The van der Waals surface area contributed by atoms with Gasteiger partial charge in [0.25, 0.3) is 0 Å². The number of carbonyl (C=O) groups is 4. The second-order valence-electron chi connectivity index (χ2n) is 14.7. The summed E-state index contributed by atoms with van der Waals surface area (Å²) >= 11 is 6.04. The highest BCUT2D eigenvalue weighted by atomic mass is 35.5. The molecule has 3 unspecified atom stereocenters. The molecule has 5 atom stereocenters. The minimum atomic E-state index is -0.865. The van der Waals surface area contributed by atoms with Crippen molar-refractivity contribution in [1.29, 1.82) is 0 Å². The molecule has 3 aliphatic rings. The molecule has 2 aromatic carbocycles.